The van der Waals surface area contributed by atoms with E-state index in [0.717, 1.165) is 11.3 Å². The first-order chi connectivity index (χ1) is 13.1. The summed E-state index contributed by atoms with van der Waals surface area (Å²) in [4.78, 5) is 12.3. The fourth-order valence-electron chi connectivity index (χ4n) is 2.40. The third-order valence-corrected chi connectivity index (χ3v) is 4.19. The van der Waals surface area contributed by atoms with E-state index in [-0.39, 0.29) is 5.91 Å². The van der Waals surface area contributed by atoms with Crippen LogP contribution in [0.4, 0.5) is 5.69 Å². The quantitative estimate of drug-likeness (QED) is 0.602. The lowest BCUT2D eigenvalue weighted by atomic mass is 10.2. The van der Waals surface area contributed by atoms with Gasteiger partial charge in [-0.3, -0.25) is 4.79 Å². The number of hydrogen-bond acceptors (Lipinski definition) is 3. The Morgan fingerprint density at radius 2 is 1.63 bits per heavy atom. The zero-order chi connectivity index (χ0) is 19.1. The molecule has 0 spiro atoms. The molecule has 1 amide bonds. The molecule has 0 bridgehead atoms. The molecule has 1 N–H and O–H groups in total. The van der Waals surface area contributed by atoms with Gasteiger partial charge in [0.15, 0.2) is 6.10 Å². The van der Waals surface area contributed by atoms with Gasteiger partial charge in [0.05, 0.1) is 5.02 Å². The van der Waals surface area contributed by atoms with Gasteiger partial charge >= 0.3 is 0 Å². The number of hydrogen-bond donors (Lipinski definition) is 1. The van der Waals surface area contributed by atoms with Gasteiger partial charge in [-0.2, -0.15) is 0 Å². The molecule has 0 aliphatic carbocycles. The molecule has 4 nitrogen and oxygen atoms in total. The van der Waals surface area contributed by atoms with Crippen molar-refractivity contribution in [3.63, 3.8) is 0 Å². The highest BCUT2D eigenvalue weighted by molar-refractivity contribution is 6.32. The van der Waals surface area contributed by atoms with Crippen LogP contribution < -0.4 is 14.8 Å². The average Bonchev–Trinajstić information content (AvgIpc) is 2.70. The largest absolute Gasteiger partial charge is 0.489 e. The molecule has 3 aromatic carbocycles. The summed E-state index contributed by atoms with van der Waals surface area (Å²) in [5, 5.41) is 3.29. The number of nitrogens with one attached hydrogen (secondary N) is 1. The summed E-state index contributed by atoms with van der Waals surface area (Å²) in [6.45, 7) is 2.17. The molecular weight excluding hydrogens is 362 g/mol. The third kappa shape index (κ3) is 5.50. The summed E-state index contributed by atoms with van der Waals surface area (Å²) in [5.74, 6) is 0.955. The number of carbonyl (C=O) groups excluding carboxylic acids is 1. The van der Waals surface area contributed by atoms with Crippen LogP contribution in [0, 0.1) is 0 Å². The third-order valence-electron chi connectivity index (χ3n) is 3.88. The second-order valence-electron chi connectivity index (χ2n) is 5.98. The molecule has 0 radical (unpaired) electrons. The fourth-order valence-corrected chi connectivity index (χ4v) is 2.58. The van der Waals surface area contributed by atoms with Crippen molar-refractivity contribution in [1.82, 2.24) is 0 Å². The second kappa shape index (κ2) is 9.10. The highest BCUT2D eigenvalue weighted by atomic mass is 35.5. The minimum Gasteiger partial charge on any atom is -0.489 e. The minimum atomic E-state index is -0.682. The summed E-state index contributed by atoms with van der Waals surface area (Å²) in [6.07, 6.45) is -0.682. The first kappa shape index (κ1) is 18.8. The van der Waals surface area contributed by atoms with Crippen LogP contribution in [-0.4, -0.2) is 12.0 Å². The van der Waals surface area contributed by atoms with Crippen molar-refractivity contribution in [2.75, 3.05) is 5.32 Å². The zero-order valence-corrected chi connectivity index (χ0v) is 15.6. The smallest absolute Gasteiger partial charge is 0.265 e. The Morgan fingerprint density at radius 1 is 0.963 bits per heavy atom. The van der Waals surface area contributed by atoms with Crippen LogP contribution in [0.5, 0.6) is 11.5 Å². The summed E-state index contributed by atoms with van der Waals surface area (Å²) in [7, 11) is 0. The predicted molar refractivity (Wildman–Crippen MR) is 107 cm³/mol. The number of anilines is 1. The van der Waals surface area contributed by atoms with Gasteiger partial charge in [-0.05, 0) is 48.9 Å². The molecule has 0 saturated carbocycles. The second-order valence-corrected chi connectivity index (χ2v) is 6.39. The van der Waals surface area contributed by atoms with Crippen LogP contribution in [-0.2, 0) is 11.4 Å². The fraction of sp³-hybridized carbons (Fsp3) is 0.136. The van der Waals surface area contributed by atoms with Gasteiger partial charge in [0.1, 0.15) is 18.1 Å². The van der Waals surface area contributed by atoms with Crippen LogP contribution >= 0.6 is 11.6 Å². The minimum absolute atomic E-state index is 0.257. The number of ether oxygens (including phenoxy) is 2. The number of amides is 1. The highest BCUT2D eigenvalue weighted by Crippen LogP contribution is 2.24. The average molecular weight is 382 g/mol. The van der Waals surface area contributed by atoms with Gasteiger partial charge in [0, 0.05) is 5.69 Å². The van der Waals surface area contributed by atoms with Gasteiger partial charge < -0.3 is 14.8 Å². The Kier molecular flexibility index (Phi) is 6.34. The molecule has 0 aliphatic rings. The van der Waals surface area contributed by atoms with E-state index in [4.69, 9.17) is 21.1 Å². The van der Waals surface area contributed by atoms with Gasteiger partial charge in [-0.15, -0.1) is 0 Å². The van der Waals surface area contributed by atoms with Crippen molar-refractivity contribution in [2.45, 2.75) is 19.6 Å². The molecule has 0 unspecified atom stereocenters. The standard InChI is InChI=1S/C22H20ClNO3/c1-16(27-21-10-6-5-9-20(21)23)22(25)24-18-11-13-19(14-12-18)26-15-17-7-3-2-4-8-17/h2-14,16H,15H2,1H3,(H,24,25)/t16-/m0/s1. The maximum absolute atomic E-state index is 12.3. The molecule has 3 aromatic rings. The number of rotatable bonds is 7. The van der Waals surface area contributed by atoms with Crippen molar-refractivity contribution in [1.29, 1.82) is 0 Å². The predicted octanol–water partition coefficient (Wildman–Crippen LogP) is 5.33. The van der Waals surface area contributed by atoms with E-state index in [1.54, 1.807) is 43.3 Å². The summed E-state index contributed by atoms with van der Waals surface area (Å²) < 4.78 is 11.4. The lowest BCUT2D eigenvalue weighted by Gasteiger charge is -2.15. The van der Waals surface area contributed by atoms with Crippen molar-refractivity contribution >= 4 is 23.2 Å². The lowest BCUT2D eigenvalue weighted by molar-refractivity contribution is -0.122. The molecule has 0 aliphatic heterocycles. The molecule has 0 saturated heterocycles. The van der Waals surface area contributed by atoms with E-state index < -0.39 is 6.10 Å². The van der Waals surface area contributed by atoms with Crippen molar-refractivity contribution in [2.24, 2.45) is 0 Å². The van der Waals surface area contributed by atoms with E-state index in [1.165, 1.54) is 0 Å². The van der Waals surface area contributed by atoms with Crippen LogP contribution in [0.25, 0.3) is 0 Å². The first-order valence-electron chi connectivity index (χ1n) is 8.60. The van der Waals surface area contributed by atoms with Crippen LogP contribution in [0.3, 0.4) is 0 Å². The molecule has 0 heterocycles. The van der Waals surface area contributed by atoms with Crippen molar-refractivity contribution in [3.05, 3.63) is 89.4 Å². The van der Waals surface area contributed by atoms with Gasteiger partial charge in [0.2, 0.25) is 0 Å². The van der Waals surface area contributed by atoms with E-state index in [0.29, 0.717) is 23.1 Å². The van der Waals surface area contributed by atoms with Gasteiger partial charge in [-0.1, -0.05) is 54.1 Å². The SMILES string of the molecule is C[C@H](Oc1ccccc1Cl)C(=O)Nc1ccc(OCc2ccccc2)cc1. The summed E-state index contributed by atoms with van der Waals surface area (Å²) in [6, 6.07) is 24.2. The lowest BCUT2D eigenvalue weighted by Crippen LogP contribution is -2.30. The van der Waals surface area contributed by atoms with Crippen LogP contribution in [0.1, 0.15) is 12.5 Å². The van der Waals surface area contributed by atoms with Gasteiger partial charge in [0.25, 0.3) is 5.91 Å². The molecule has 5 heteroatoms. The van der Waals surface area contributed by atoms with E-state index in [2.05, 4.69) is 5.32 Å². The Bertz CT molecular complexity index is 882. The molecule has 0 fully saturated rings. The maximum atomic E-state index is 12.3. The Hall–Kier alpha value is -2.98. The molecule has 3 rings (SSSR count). The van der Waals surface area contributed by atoms with Crippen molar-refractivity contribution < 1.29 is 14.3 Å². The van der Waals surface area contributed by atoms with E-state index >= 15 is 0 Å². The Balaban J connectivity index is 1.52. The number of benzene rings is 3. The summed E-state index contributed by atoms with van der Waals surface area (Å²) in [5.41, 5.74) is 1.77. The zero-order valence-electron chi connectivity index (χ0n) is 14.9. The molecule has 138 valence electrons. The van der Waals surface area contributed by atoms with Crippen LogP contribution in [0.15, 0.2) is 78.9 Å². The molecule has 0 aromatic heterocycles. The van der Waals surface area contributed by atoms with E-state index in [1.807, 2.05) is 42.5 Å². The summed E-state index contributed by atoms with van der Waals surface area (Å²) >= 11 is 6.05. The first-order valence-corrected chi connectivity index (χ1v) is 8.98. The Labute approximate surface area is 163 Å². The topological polar surface area (TPSA) is 47.6 Å². The van der Waals surface area contributed by atoms with Crippen LogP contribution in [0.2, 0.25) is 5.02 Å². The number of para-hydroxylation sites is 1. The molecule has 27 heavy (non-hydrogen) atoms. The molecule has 1 atom stereocenters. The molecular formula is C22H20ClNO3. The Morgan fingerprint density at radius 3 is 2.33 bits per heavy atom. The van der Waals surface area contributed by atoms with E-state index in [9.17, 15) is 4.79 Å². The number of halogens is 1. The van der Waals surface area contributed by atoms with Gasteiger partial charge in [-0.25, -0.2) is 0 Å². The number of carbonyl (C=O) groups is 1. The normalized spacial score (nSPS) is 11.5. The highest BCUT2D eigenvalue weighted by Gasteiger charge is 2.16. The van der Waals surface area contributed by atoms with Crippen molar-refractivity contribution in [3.8, 4) is 11.5 Å². The monoisotopic (exact) mass is 381 g/mol. The maximum Gasteiger partial charge on any atom is 0.265 e.